The van der Waals surface area contributed by atoms with E-state index in [-0.39, 0.29) is 36.6 Å². The van der Waals surface area contributed by atoms with Gasteiger partial charge in [-0.05, 0) is 36.1 Å². The van der Waals surface area contributed by atoms with Crippen molar-refractivity contribution >= 4 is 15.9 Å². The summed E-state index contributed by atoms with van der Waals surface area (Å²) in [5.74, 6) is -1.68. The molecular formula is C23H26F2N2O4S. The van der Waals surface area contributed by atoms with Crippen molar-refractivity contribution in [1.29, 1.82) is 0 Å². The van der Waals surface area contributed by atoms with Crippen LogP contribution in [0.2, 0.25) is 0 Å². The Morgan fingerprint density at radius 2 is 1.88 bits per heavy atom. The molecule has 2 aromatic carbocycles. The Morgan fingerprint density at radius 3 is 2.47 bits per heavy atom. The maximum atomic E-state index is 14.5. The molecule has 1 saturated heterocycles. The molecule has 32 heavy (non-hydrogen) atoms. The smallest absolute Gasteiger partial charge is 0.232 e. The third kappa shape index (κ3) is 4.16. The quantitative estimate of drug-likeness (QED) is 0.652. The van der Waals surface area contributed by atoms with Crippen LogP contribution in [-0.4, -0.2) is 58.3 Å². The summed E-state index contributed by atoms with van der Waals surface area (Å²) in [7, 11) is -1.84. The molecule has 1 N–H and O–H groups in total. The van der Waals surface area contributed by atoms with Gasteiger partial charge in [-0.25, -0.2) is 21.9 Å². The van der Waals surface area contributed by atoms with E-state index in [1.807, 2.05) is 0 Å². The molecule has 2 aliphatic rings. The van der Waals surface area contributed by atoms with E-state index in [1.54, 1.807) is 29.2 Å². The third-order valence-corrected chi connectivity index (χ3v) is 7.15. The first-order chi connectivity index (χ1) is 15.2. The second-order valence-electron chi connectivity index (χ2n) is 8.59. The SMILES string of the molecule is COC[C@@]1(C(=O)N2CC[C@H]2CNS(C)(=O)=O)C[C@H]1c1ccccc1-c1c(F)cccc1F. The first-order valence-corrected chi connectivity index (χ1v) is 12.3. The van der Waals surface area contributed by atoms with E-state index in [0.717, 1.165) is 6.26 Å². The number of likely N-dealkylation sites (tertiary alicyclic amines) is 1. The first kappa shape index (κ1) is 22.8. The van der Waals surface area contributed by atoms with Crippen molar-refractivity contribution in [2.45, 2.75) is 24.8 Å². The van der Waals surface area contributed by atoms with Crippen molar-refractivity contribution in [2.75, 3.05) is 33.1 Å². The number of rotatable bonds is 8. The highest BCUT2D eigenvalue weighted by Crippen LogP contribution is 2.62. The molecule has 6 nitrogen and oxygen atoms in total. The van der Waals surface area contributed by atoms with Crippen LogP contribution in [-0.2, 0) is 19.6 Å². The van der Waals surface area contributed by atoms with Gasteiger partial charge in [-0.2, -0.15) is 0 Å². The van der Waals surface area contributed by atoms with E-state index in [0.29, 0.717) is 30.5 Å². The van der Waals surface area contributed by atoms with E-state index >= 15 is 0 Å². The molecule has 9 heteroatoms. The molecular weight excluding hydrogens is 438 g/mol. The van der Waals surface area contributed by atoms with Gasteiger partial charge >= 0.3 is 0 Å². The van der Waals surface area contributed by atoms with Crippen molar-refractivity contribution in [3.63, 3.8) is 0 Å². The van der Waals surface area contributed by atoms with Crippen molar-refractivity contribution in [3.05, 3.63) is 59.7 Å². The van der Waals surface area contributed by atoms with Gasteiger partial charge in [0.2, 0.25) is 15.9 Å². The fourth-order valence-electron chi connectivity index (χ4n) is 4.67. The Kier molecular flexibility index (Phi) is 6.08. The molecule has 3 atom stereocenters. The second-order valence-corrected chi connectivity index (χ2v) is 10.4. The second kappa shape index (κ2) is 8.53. The van der Waals surface area contributed by atoms with Crippen LogP contribution in [0.3, 0.4) is 0 Å². The Balaban J connectivity index is 1.62. The average Bonchev–Trinajstić information content (AvgIpc) is 3.42. The maximum Gasteiger partial charge on any atom is 0.232 e. The lowest BCUT2D eigenvalue weighted by Crippen LogP contribution is -2.58. The molecule has 4 rings (SSSR count). The summed E-state index contributed by atoms with van der Waals surface area (Å²) in [4.78, 5) is 15.2. The minimum atomic E-state index is -3.36. The predicted octanol–water partition coefficient (Wildman–Crippen LogP) is 2.90. The molecule has 0 spiro atoms. The van der Waals surface area contributed by atoms with Crippen LogP contribution < -0.4 is 4.72 Å². The fourth-order valence-corrected chi connectivity index (χ4v) is 5.16. The topological polar surface area (TPSA) is 75.7 Å². The number of methoxy groups -OCH3 is 1. The van der Waals surface area contributed by atoms with Crippen LogP contribution in [0.15, 0.2) is 42.5 Å². The zero-order valence-corrected chi connectivity index (χ0v) is 18.8. The Bertz CT molecular complexity index is 1120. The average molecular weight is 465 g/mol. The zero-order valence-electron chi connectivity index (χ0n) is 18.0. The van der Waals surface area contributed by atoms with Crippen LogP contribution in [0.25, 0.3) is 11.1 Å². The number of benzene rings is 2. The van der Waals surface area contributed by atoms with Crippen LogP contribution in [0, 0.1) is 17.0 Å². The summed E-state index contributed by atoms with van der Waals surface area (Å²) in [6, 6.07) is 10.5. The molecule has 2 fully saturated rings. The van der Waals surface area contributed by atoms with Gasteiger partial charge in [-0.1, -0.05) is 30.3 Å². The van der Waals surface area contributed by atoms with Gasteiger partial charge in [0.15, 0.2) is 0 Å². The molecule has 1 amide bonds. The van der Waals surface area contributed by atoms with E-state index in [2.05, 4.69) is 4.72 Å². The van der Waals surface area contributed by atoms with Crippen molar-refractivity contribution in [2.24, 2.45) is 5.41 Å². The molecule has 0 aromatic heterocycles. The fraction of sp³-hybridized carbons (Fsp3) is 0.435. The zero-order chi connectivity index (χ0) is 23.1. The number of nitrogens with zero attached hydrogens (tertiary/aromatic N) is 1. The molecule has 1 aliphatic heterocycles. The van der Waals surface area contributed by atoms with E-state index < -0.39 is 27.1 Å². The highest BCUT2D eigenvalue weighted by atomic mass is 32.2. The minimum absolute atomic E-state index is 0.104. The van der Waals surface area contributed by atoms with Crippen LogP contribution >= 0.6 is 0 Å². The number of sulfonamides is 1. The largest absolute Gasteiger partial charge is 0.384 e. The summed E-state index contributed by atoms with van der Waals surface area (Å²) in [6.07, 6.45) is 2.29. The highest BCUT2D eigenvalue weighted by Gasteiger charge is 2.63. The van der Waals surface area contributed by atoms with Gasteiger partial charge in [0, 0.05) is 32.2 Å². The van der Waals surface area contributed by atoms with Gasteiger partial charge in [-0.15, -0.1) is 0 Å². The molecule has 0 bridgehead atoms. The molecule has 1 heterocycles. The van der Waals surface area contributed by atoms with E-state index in [1.165, 1.54) is 25.3 Å². The summed E-state index contributed by atoms with van der Waals surface area (Å²) in [6.45, 7) is 0.874. The lowest BCUT2D eigenvalue weighted by molar-refractivity contribution is -0.147. The Labute approximate surface area is 186 Å². The number of amides is 1. The van der Waals surface area contributed by atoms with Crippen molar-refractivity contribution < 1.29 is 26.7 Å². The summed E-state index contributed by atoms with van der Waals surface area (Å²) in [5.41, 5.74) is 0.190. The van der Waals surface area contributed by atoms with Crippen LogP contribution in [0.4, 0.5) is 8.78 Å². The van der Waals surface area contributed by atoms with Gasteiger partial charge in [0.25, 0.3) is 0 Å². The monoisotopic (exact) mass is 464 g/mol. The molecule has 1 aliphatic carbocycles. The summed E-state index contributed by atoms with van der Waals surface area (Å²) < 4.78 is 59.8. The predicted molar refractivity (Wildman–Crippen MR) is 116 cm³/mol. The molecule has 0 radical (unpaired) electrons. The number of halogens is 2. The van der Waals surface area contributed by atoms with Crippen molar-refractivity contribution in [3.8, 4) is 11.1 Å². The number of hydrogen-bond acceptors (Lipinski definition) is 4. The van der Waals surface area contributed by atoms with Gasteiger partial charge in [-0.3, -0.25) is 4.79 Å². The highest BCUT2D eigenvalue weighted by molar-refractivity contribution is 7.88. The number of carbonyl (C=O) groups excluding carboxylic acids is 1. The molecule has 0 unspecified atom stereocenters. The lowest BCUT2D eigenvalue weighted by atomic mass is 9.90. The van der Waals surface area contributed by atoms with Crippen molar-refractivity contribution in [1.82, 2.24) is 9.62 Å². The number of nitrogens with one attached hydrogen (secondary N) is 1. The van der Waals surface area contributed by atoms with E-state index in [9.17, 15) is 22.0 Å². The van der Waals surface area contributed by atoms with Gasteiger partial charge in [0.1, 0.15) is 11.6 Å². The normalized spacial score (nSPS) is 24.8. The number of carbonyl (C=O) groups is 1. The summed E-state index contributed by atoms with van der Waals surface area (Å²) >= 11 is 0. The Morgan fingerprint density at radius 1 is 1.19 bits per heavy atom. The maximum absolute atomic E-state index is 14.5. The van der Waals surface area contributed by atoms with Crippen LogP contribution in [0.5, 0.6) is 0 Å². The summed E-state index contributed by atoms with van der Waals surface area (Å²) in [5, 5.41) is 0. The molecule has 1 saturated carbocycles. The molecule has 172 valence electrons. The van der Waals surface area contributed by atoms with Crippen LogP contribution in [0.1, 0.15) is 24.3 Å². The molecule has 2 aromatic rings. The third-order valence-electron chi connectivity index (χ3n) is 6.46. The van der Waals surface area contributed by atoms with Gasteiger partial charge < -0.3 is 9.64 Å². The Hall–Kier alpha value is -2.36. The standard InChI is InChI=1S/C23H26F2N2O4S/c1-31-14-23(22(28)27-11-10-15(27)13-26-32(2,29)30)12-18(23)16-6-3-4-7-17(16)21-19(24)8-5-9-20(21)25/h3-9,15,18,26H,10-14H2,1-2H3/t15-,18-,23-/m0/s1. The number of hydrogen-bond donors (Lipinski definition) is 1. The first-order valence-electron chi connectivity index (χ1n) is 10.5. The minimum Gasteiger partial charge on any atom is -0.384 e. The number of ether oxygens (including phenoxy) is 1. The lowest BCUT2D eigenvalue weighted by Gasteiger charge is -2.43. The van der Waals surface area contributed by atoms with E-state index in [4.69, 9.17) is 4.74 Å². The van der Waals surface area contributed by atoms with Gasteiger partial charge in [0.05, 0.1) is 23.8 Å².